The number of carboxylic acid groups (broad SMARTS) is 1. The van der Waals surface area contributed by atoms with E-state index < -0.39 is 25.2 Å². The number of alkyl halides is 3. The Morgan fingerprint density at radius 3 is 2.71 bits per heavy atom. The normalized spacial score (nSPS) is 18.6. The first-order valence-corrected chi connectivity index (χ1v) is 6.94. The van der Waals surface area contributed by atoms with Gasteiger partial charge in [-0.2, -0.15) is 13.2 Å². The minimum Gasteiger partial charge on any atom is -0.480 e. The van der Waals surface area contributed by atoms with Gasteiger partial charge in [0.15, 0.2) is 0 Å². The second kappa shape index (κ2) is 6.47. The van der Waals surface area contributed by atoms with Gasteiger partial charge in [0, 0.05) is 6.54 Å². The highest BCUT2D eigenvalue weighted by Crippen LogP contribution is 2.32. The zero-order valence-electron chi connectivity index (χ0n) is 11.6. The van der Waals surface area contributed by atoms with E-state index in [9.17, 15) is 18.0 Å². The molecule has 0 aromatic heterocycles. The van der Waals surface area contributed by atoms with Gasteiger partial charge in [-0.3, -0.25) is 9.69 Å². The van der Waals surface area contributed by atoms with Crippen LogP contribution in [0.3, 0.4) is 0 Å². The third kappa shape index (κ3) is 4.74. The summed E-state index contributed by atoms with van der Waals surface area (Å²) in [5, 5.41) is 8.80. The second-order valence-electron chi connectivity index (χ2n) is 5.47. The molecule has 0 saturated heterocycles. The molecule has 0 spiro atoms. The van der Waals surface area contributed by atoms with Crippen molar-refractivity contribution < 1.29 is 23.1 Å². The number of hydrogen-bond acceptors (Lipinski definition) is 2. The lowest BCUT2D eigenvalue weighted by atomic mass is 9.82. The van der Waals surface area contributed by atoms with Crippen LogP contribution in [0.1, 0.15) is 29.9 Å². The van der Waals surface area contributed by atoms with Gasteiger partial charge in [0.1, 0.15) is 0 Å². The summed E-state index contributed by atoms with van der Waals surface area (Å²) in [5.74, 6) is -1.26. The molecule has 0 radical (unpaired) electrons. The van der Waals surface area contributed by atoms with Crippen LogP contribution in [-0.4, -0.2) is 41.8 Å². The Morgan fingerprint density at radius 2 is 2.05 bits per heavy atom. The smallest absolute Gasteiger partial charge is 0.401 e. The van der Waals surface area contributed by atoms with E-state index in [1.165, 1.54) is 0 Å². The van der Waals surface area contributed by atoms with E-state index in [1.807, 2.05) is 24.3 Å². The fourth-order valence-corrected chi connectivity index (χ4v) is 2.99. The van der Waals surface area contributed by atoms with Crippen LogP contribution in [0.5, 0.6) is 0 Å². The molecule has 1 unspecified atom stereocenters. The van der Waals surface area contributed by atoms with E-state index in [0.717, 1.165) is 35.3 Å². The minimum atomic E-state index is -4.39. The summed E-state index contributed by atoms with van der Waals surface area (Å²) < 4.78 is 37.7. The van der Waals surface area contributed by atoms with E-state index in [-0.39, 0.29) is 12.5 Å². The second-order valence-corrected chi connectivity index (χ2v) is 5.47. The van der Waals surface area contributed by atoms with Crippen LogP contribution in [0.15, 0.2) is 24.3 Å². The molecule has 0 aliphatic heterocycles. The fourth-order valence-electron chi connectivity index (χ4n) is 2.99. The van der Waals surface area contributed by atoms with Gasteiger partial charge in [0.05, 0.1) is 13.1 Å². The lowest BCUT2D eigenvalue weighted by molar-refractivity contribution is -0.154. The molecular formula is C15H18F3NO2. The lowest BCUT2D eigenvalue weighted by Gasteiger charge is -2.31. The maximum absolute atomic E-state index is 12.6. The standard InChI is InChI=1S/C15H18F3NO2/c16-15(17,18)10-19(9-14(20)21)8-12-6-3-5-11-4-1-2-7-13(11)12/h1-2,4,7,12H,3,5-6,8-10H2,(H,20,21). The monoisotopic (exact) mass is 301 g/mol. The van der Waals surface area contributed by atoms with Crippen molar-refractivity contribution in [2.45, 2.75) is 31.4 Å². The van der Waals surface area contributed by atoms with Gasteiger partial charge in [-0.05, 0) is 36.3 Å². The van der Waals surface area contributed by atoms with Crippen molar-refractivity contribution in [1.29, 1.82) is 0 Å². The van der Waals surface area contributed by atoms with E-state index in [1.54, 1.807) is 0 Å². The first-order valence-electron chi connectivity index (χ1n) is 6.94. The van der Waals surface area contributed by atoms with Crippen molar-refractivity contribution in [2.75, 3.05) is 19.6 Å². The summed E-state index contributed by atoms with van der Waals surface area (Å²) in [6.45, 7) is -1.64. The number of carbonyl (C=O) groups is 1. The number of aryl methyl sites for hydroxylation is 1. The van der Waals surface area contributed by atoms with Gasteiger partial charge < -0.3 is 5.11 Å². The highest BCUT2D eigenvalue weighted by Gasteiger charge is 2.33. The van der Waals surface area contributed by atoms with Crippen LogP contribution < -0.4 is 0 Å². The van der Waals surface area contributed by atoms with Crippen LogP contribution in [0, 0.1) is 0 Å². The van der Waals surface area contributed by atoms with Crippen LogP contribution in [0.25, 0.3) is 0 Å². The van der Waals surface area contributed by atoms with Crippen LogP contribution in [0.2, 0.25) is 0 Å². The van der Waals surface area contributed by atoms with Crippen molar-refractivity contribution in [3.05, 3.63) is 35.4 Å². The van der Waals surface area contributed by atoms with E-state index in [2.05, 4.69) is 0 Å². The third-order valence-corrected chi connectivity index (χ3v) is 3.73. The quantitative estimate of drug-likeness (QED) is 0.908. The summed E-state index contributed by atoms with van der Waals surface area (Å²) in [5.41, 5.74) is 2.22. The summed E-state index contributed by atoms with van der Waals surface area (Å²) in [7, 11) is 0. The van der Waals surface area contributed by atoms with E-state index in [4.69, 9.17) is 5.11 Å². The molecule has 2 rings (SSSR count). The van der Waals surface area contributed by atoms with Gasteiger partial charge in [0.2, 0.25) is 0 Å². The van der Waals surface area contributed by atoms with Crippen molar-refractivity contribution in [3.63, 3.8) is 0 Å². The maximum Gasteiger partial charge on any atom is 0.401 e. The molecule has 0 bridgehead atoms. The fraction of sp³-hybridized carbons (Fsp3) is 0.533. The van der Waals surface area contributed by atoms with Crippen molar-refractivity contribution in [1.82, 2.24) is 4.90 Å². The molecule has 3 nitrogen and oxygen atoms in total. The van der Waals surface area contributed by atoms with Gasteiger partial charge in [-0.1, -0.05) is 24.3 Å². The third-order valence-electron chi connectivity index (χ3n) is 3.73. The van der Waals surface area contributed by atoms with Gasteiger partial charge >= 0.3 is 12.1 Å². The first-order chi connectivity index (χ1) is 9.85. The Bertz CT molecular complexity index is 502. The van der Waals surface area contributed by atoms with E-state index in [0.29, 0.717) is 0 Å². The molecule has 0 heterocycles. The average Bonchev–Trinajstić information content (AvgIpc) is 2.36. The van der Waals surface area contributed by atoms with Crippen molar-refractivity contribution in [3.8, 4) is 0 Å². The average molecular weight is 301 g/mol. The molecule has 116 valence electrons. The zero-order chi connectivity index (χ0) is 15.5. The SMILES string of the molecule is O=C(O)CN(CC1CCCc2ccccc21)CC(F)(F)F. The Kier molecular flexibility index (Phi) is 4.88. The summed E-state index contributed by atoms with van der Waals surface area (Å²) >= 11 is 0. The lowest BCUT2D eigenvalue weighted by Crippen LogP contribution is -2.40. The zero-order valence-corrected chi connectivity index (χ0v) is 11.6. The number of halogens is 3. The van der Waals surface area contributed by atoms with E-state index >= 15 is 0 Å². The Morgan fingerprint density at radius 1 is 1.33 bits per heavy atom. The summed E-state index contributed by atoms with van der Waals surface area (Å²) in [4.78, 5) is 11.8. The maximum atomic E-state index is 12.6. The molecule has 1 aromatic carbocycles. The molecule has 0 saturated carbocycles. The predicted molar refractivity (Wildman–Crippen MR) is 72.3 cm³/mol. The number of rotatable bonds is 5. The molecule has 1 atom stereocenters. The Hall–Kier alpha value is -1.56. The van der Waals surface area contributed by atoms with Crippen molar-refractivity contribution in [2.24, 2.45) is 0 Å². The number of nitrogens with zero attached hydrogens (tertiary/aromatic N) is 1. The molecule has 1 aromatic rings. The largest absolute Gasteiger partial charge is 0.480 e. The molecule has 21 heavy (non-hydrogen) atoms. The summed E-state index contributed by atoms with van der Waals surface area (Å²) in [6, 6.07) is 7.73. The first kappa shape index (κ1) is 15.8. The van der Waals surface area contributed by atoms with Gasteiger partial charge in [-0.15, -0.1) is 0 Å². The highest BCUT2D eigenvalue weighted by molar-refractivity contribution is 5.69. The molecule has 1 aliphatic rings. The van der Waals surface area contributed by atoms with Crippen LogP contribution >= 0.6 is 0 Å². The molecular weight excluding hydrogens is 283 g/mol. The number of hydrogen-bond donors (Lipinski definition) is 1. The predicted octanol–water partition coefficient (Wildman–Crippen LogP) is 3.06. The number of benzene rings is 1. The number of carboxylic acids is 1. The Labute approximate surface area is 121 Å². The minimum absolute atomic E-state index is 0.0309. The molecule has 1 N–H and O–H groups in total. The topological polar surface area (TPSA) is 40.5 Å². The highest BCUT2D eigenvalue weighted by atomic mass is 19.4. The van der Waals surface area contributed by atoms with Crippen molar-refractivity contribution >= 4 is 5.97 Å². The Balaban J connectivity index is 2.11. The summed E-state index contributed by atoms with van der Waals surface area (Å²) in [6.07, 6.45) is -1.73. The molecule has 0 fully saturated rings. The van der Waals surface area contributed by atoms with Gasteiger partial charge in [0.25, 0.3) is 0 Å². The molecule has 6 heteroatoms. The van der Waals surface area contributed by atoms with Gasteiger partial charge in [-0.25, -0.2) is 0 Å². The molecule has 0 amide bonds. The number of fused-ring (bicyclic) bond motifs is 1. The van der Waals surface area contributed by atoms with Crippen LogP contribution in [-0.2, 0) is 11.2 Å². The van der Waals surface area contributed by atoms with Crippen LogP contribution in [0.4, 0.5) is 13.2 Å². The molecule has 1 aliphatic carbocycles. The number of aliphatic carboxylic acids is 1.